The minimum absolute atomic E-state index is 0.188. The first-order chi connectivity index (χ1) is 14.8. The van der Waals surface area contributed by atoms with Gasteiger partial charge in [0.2, 0.25) is 5.88 Å². The molecule has 150 valence electrons. The average molecular weight is 397 g/mol. The van der Waals surface area contributed by atoms with E-state index in [1.54, 1.807) is 6.20 Å². The van der Waals surface area contributed by atoms with Gasteiger partial charge in [0.1, 0.15) is 17.4 Å². The molecule has 0 aliphatic carbocycles. The molecule has 1 aromatic carbocycles. The molecule has 6 heteroatoms. The molecule has 1 saturated heterocycles. The average Bonchev–Trinajstić information content (AvgIpc) is 3.51. The lowest BCUT2D eigenvalue weighted by molar-refractivity contribution is 0.214. The third-order valence-electron chi connectivity index (χ3n) is 6.08. The van der Waals surface area contributed by atoms with E-state index in [1.165, 1.54) is 5.56 Å². The highest BCUT2D eigenvalue weighted by molar-refractivity contribution is 5.77. The van der Waals surface area contributed by atoms with Gasteiger partial charge in [-0.15, -0.1) is 0 Å². The summed E-state index contributed by atoms with van der Waals surface area (Å²) in [6.45, 7) is 1.87. The van der Waals surface area contributed by atoms with Gasteiger partial charge in [-0.05, 0) is 43.1 Å². The Morgan fingerprint density at radius 3 is 2.80 bits per heavy atom. The third kappa shape index (κ3) is 3.04. The molecular formula is C24H23N5O. The highest BCUT2D eigenvalue weighted by Gasteiger charge is 2.28. The van der Waals surface area contributed by atoms with Crippen molar-refractivity contribution in [2.24, 2.45) is 0 Å². The number of pyridine rings is 2. The second-order valence-corrected chi connectivity index (χ2v) is 8.02. The van der Waals surface area contributed by atoms with Gasteiger partial charge in [-0.25, -0.2) is 15.0 Å². The molecule has 30 heavy (non-hydrogen) atoms. The molecule has 1 N–H and O–H groups in total. The summed E-state index contributed by atoms with van der Waals surface area (Å²) < 4.78 is 8.36. The summed E-state index contributed by atoms with van der Waals surface area (Å²) in [5.41, 5.74) is 5.15. The van der Waals surface area contributed by atoms with E-state index in [2.05, 4.69) is 51.3 Å². The van der Waals surface area contributed by atoms with Gasteiger partial charge in [0.15, 0.2) is 5.65 Å². The quantitative estimate of drug-likeness (QED) is 0.568. The molecule has 0 unspecified atom stereocenters. The monoisotopic (exact) mass is 397 g/mol. The van der Waals surface area contributed by atoms with Crippen molar-refractivity contribution in [1.29, 1.82) is 0 Å². The van der Waals surface area contributed by atoms with Gasteiger partial charge in [0.25, 0.3) is 0 Å². The maximum atomic E-state index is 6.04. The number of hydrogen-bond acceptors (Lipinski definition) is 5. The molecule has 3 aromatic heterocycles. The van der Waals surface area contributed by atoms with E-state index in [4.69, 9.17) is 14.7 Å². The number of hydrogen-bond donors (Lipinski definition) is 1. The Morgan fingerprint density at radius 2 is 1.93 bits per heavy atom. The lowest BCUT2D eigenvalue weighted by Gasteiger charge is -2.15. The van der Waals surface area contributed by atoms with Crippen LogP contribution in [0.15, 0.2) is 60.8 Å². The summed E-state index contributed by atoms with van der Waals surface area (Å²) in [7, 11) is 0. The van der Waals surface area contributed by atoms with E-state index in [-0.39, 0.29) is 6.10 Å². The minimum atomic E-state index is 0.188. The number of nitrogens with one attached hydrogen (secondary N) is 1. The molecule has 0 saturated carbocycles. The Balaban J connectivity index is 1.38. The van der Waals surface area contributed by atoms with Crippen molar-refractivity contribution in [2.75, 3.05) is 13.1 Å². The van der Waals surface area contributed by atoms with Crippen LogP contribution in [-0.4, -0.2) is 38.7 Å². The standard InChI is InChI=1S/C24H23N5O/c1-2-4-16(5-3-1)21-8-9-22-27-20-7-6-19(28-24(20)29(21)22)17-10-13-26-23(14-17)30-18-11-12-25-15-18/h1-7,10,13-14,18,21,25H,8-9,11-12,15H2/t18-,21+/m0/s1. The summed E-state index contributed by atoms with van der Waals surface area (Å²) in [4.78, 5) is 14.3. The molecule has 5 heterocycles. The summed E-state index contributed by atoms with van der Waals surface area (Å²) in [5.74, 6) is 1.78. The normalized spacial score (nSPS) is 20.5. The number of benzene rings is 1. The van der Waals surface area contributed by atoms with Crippen molar-refractivity contribution in [2.45, 2.75) is 31.4 Å². The summed E-state index contributed by atoms with van der Waals surface area (Å²) in [6, 6.07) is 19.0. The van der Waals surface area contributed by atoms with E-state index in [0.29, 0.717) is 11.9 Å². The van der Waals surface area contributed by atoms with E-state index in [9.17, 15) is 0 Å². The summed E-state index contributed by atoms with van der Waals surface area (Å²) in [6.07, 6.45) is 5.05. The van der Waals surface area contributed by atoms with Crippen LogP contribution in [0.4, 0.5) is 0 Å². The lowest BCUT2D eigenvalue weighted by Crippen LogP contribution is -2.20. The molecule has 1 fully saturated rings. The van der Waals surface area contributed by atoms with Crippen LogP contribution in [0.2, 0.25) is 0 Å². The van der Waals surface area contributed by atoms with Crippen molar-refractivity contribution in [3.05, 3.63) is 72.2 Å². The molecule has 2 atom stereocenters. The van der Waals surface area contributed by atoms with Gasteiger partial charge in [-0.2, -0.15) is 0 Å². The van der Waals surface area contributed by atoms with E-state index >= 15 is 0 Å². The highest BCUT2D eigenvalue weighted by Crippen LogP contribution is 2.35. The number of fused-ring (bicyclic) bond motifs is 3. The molecule has 0 bridgehead atoms. The largest absolute Gasteiger partial charge is 0.473 e. The van der Waals surface area contributed by atoms with Crippen LogP contribution in [0.1, 0.15) is 30.3 Å². The van der Waals surface area contributed by atoms with Crippen molar-refractivity contribution in [1.82, 2.24) is 24.8 Å². The van der Waals surface area contributed by atoms with Crippen LogP contribution in [0, 0.1) is 0 Å². The number of aromatic nitrogens is 4. The van der Waals surface area contributed by atoms with Crippen LogP contribution >= 0.6 is 0 Å². The van der Waals surface area contributed by atoms with Crippen LogP contribution in [-0.2, 0) is 6.42 Å². The smallest absolute Gasteiger partial charge is 0.214 e. The molecule has 2 aliphatic rings. The van der Waals surface area contributed by atoms with Crippen molar-refractivity contribution in [3.63, 3.8) is 0 Å². The summed E-state index contributed by atoms with van der Waals surface area (Å²) >= 11 is 0. The molecular weight excluding hydrogens is 374 g/mol. The van der Waals surface area contributed by atoms with E-state index in [0.717, 1.165) is 60.6 Å². The zero-order valence-corrected chi connectivity index (χ0v) is 16.7. The minimum Gasteiger partial charge on any atom is -0.473 e. The highest BCUT2D eigenvalue weighted by atomic mass is 16.5. The van der Waals surface area contributed by atoms with Crippen LogP contribution in [0.3, 0.4) is 0 Å². The Bertz CT molecular complexity index is 1200. The van der Waals surface area contributed by atoms with Crippen LogP contribution in [0.25, 0.3) is 22.4 Å². The first kappa shape index (κ1) is 17.6. The van der Waals surface area contributed by atoms with Crippen molar-refractivity contribution >= 4 is 11.2 Å². The second kappa shape index (κ2) is 7.22. The molecule has 4 aromatic rings. The number of rotatable bonds is 4. The Labute approximate surface area is 175 Å². The van der Waals surface area contributed by atoms with Crippen LogP contribution < -0.4 is 10.1 Å². The molecule has 0 amide bonds. The van der Waals surface area contributed by atoms with E-state index < -0.39 is 0 Å². The van der Waals surface area contributed by atoms with E-state index in [1.807, 2.05) is 18.2 Å². The Hall–Kier alpha value is -3.25. The molecule has 6 rings (SSSR count). The fraction of sp³-hybridized carbons (Fsp3) is 0.292. The van der Waals surface area contributed by atoms with Crippen LogP contribution in [0.5, 0.6) is 5.88 Å². The zero-order valence-electron chi connectivity index (χ0n) is 16.7. The maximum Gasteiger partial charge on any atom is 0.214 e. The number of ether oxygens (including phenoxy) is 1. The SMILES string of the molecule is c1ccc([C@H]2CCc3nc4ccc(-c5ccnc(O[C@H]6CCNC6)c5)nc4n32)cc1. The fourth-order valence-electron chi connectivity index (χ4n) is 4.60. The third-order valence-corrected chi connectivity index (χ3v) is 6.08. The van der Waals surface area contributed by atoms with Gasteiger partial charge < -0.3 is 14.6 Å². The van der Waals surface area contributed by atoms with Gasteiger partial charge in [0, 0.05) is 30.8 Å². The Kier molecular flexibility index (Phi) is 4.23. The molecule has 2 aliphatic heterocycles. The predicted molar refractivity (Wildman–Crippen MR) is 116 cm³/mol. The zero-order chi connectivity index (χ0) is 19.9. The second-order valence-electron chi connectivity index (χ2n) is 8.02. The lowest BCUT2D eigenvalue weighted by atomic mass is 10.0. The number of nitrogens with zero attached hydrogens (tertiary/aromatic N) is 4. The predicted octanol–water partition coefficient (Wildman–Crippen LogP) is 3.77. The fourth-order valence-corrected chi connectivity index (χ4v) is 4.60. The summed E-state index contributed by atoms with van der Waals surface area (Å²) in [5, 5.41) is 3.32. The number of imidazole rings is 1. The van der Waals surface area contributed by atoms with Gasteiger partial charge in [0.05, 0.1) is 11.7 Å². The van der Waals surface area contributed by atoms with Gasteiger partial charge in [-0.1, -0.05) is 30.3 Å². The van der Waals surface area contributed by atoms with Gasteiger partial charge in [-0.3, -0.25) is 0 Å². The maximum absolute atomic E-state index is 6.04. The molecule has 6 nitrogen and oxygen atoms in total. The molecule has 0 spiro atoms. The van der Waals surface area contributed by atoms with Crippen molar-refractivity contribution in [3.8, 4) is 17.1 Å². The first-order valence-electron chi connectivity index (χ1n) is 10.6. The topological polar surface area (TPSA) is 64.9 Å². The number of aryl methyl sites for hydroxylation is 1. The Morgan fingerprint density at radius 1 is 1.00 bits per heavy atom. The molecule has 0 radical (unpaired) electrons. The first-order valence-corrected chi connectivity index (χ1v) is 10.6. The van der Waals surface area contributed by atoms with Gasteiger partial charge >= 0.3 is 0 Å². The van der Waals surface area contributed by atoms with Crippen molar-refractivity contribution < 1.29 is 4.74 Å².